The Bertz CT molecular complexity index is 745. The zero-order valence-corrected chi connectivity index (χ0v) is 12.6. The van der Waals surface area contributed by atoms with Gasteiger partial charge in [-0.2, -0.15) is 5.10 Å². The Morgan fingerprint density at radius 2 is 1.90 bits per heavy atom. The maximum atomic E-state index is 5.15. The van der Waals surface area contributed by atoms with Crippen molar-refractivity contribution in [3.63, 3.8) is 0 Å². The van der Waals surface area contributed by atoms with E-state index in [2.05, 4.69) is 21.6 Å². The number of thiazole rings is 1. The van der Waals surface area contributed by atoms with E-state index in [-0.39, 0.29) is 0 Å². The number of benzene rings is 2. The Morgan fingerprint density at radius 1 is 1.14 bits per heavy atom. The molecule has 2 aromatic carbocycles. The molecule has 0 fully saturated rings. The van der Waals surface area contributed by atoms with E-state index < -0.39 is 0 Å². The first-order valence-electron chi connectivity index (χ1n) is 6.56. The fourth-order valence-electron chi connectivity index (χ4n) is 1.95. The van der Waals surface area contributed by atoms with Gasteiger partial charge in [0.1, 0.15) is 5.75 Å². The number of hydrogen-bond donors (Lipinski definition) is 1. The zero-order valence-electron chi connectivity index (χ0n) is 11.8. The molecule has 1 heterocycles. The van der Waals surface area contributed by atoms with Gasteiger partial charge in [-0.1, -0.05) is 23.5 Å². The summed E-state index contributed by atoms with van der Waals surface area (Å²) >= 11 is 1.59. The summed E-state index contributed by atoms with van der Waals surface area (Å²) in [6.45, 7) is 1.96. The number of rotatable bonds is 4. The number of anilines is 1. The van der Waals surface area contributed by atoms with E-state index in [4.69, 9.17) is 4.74 Å². The summed E-state index contributed by atoms with van der Waals surface area (Å²) in [5.74, 6) is 0.839. The van der Waals surface area contributed by atoms with E-state index in [9.17, 15) is 0 Å². The summed E-state index contributed by atoms with van der Waals surface area (Å²) in [5, 5.41) is 5.18. The van der Waals surface area contributed by atoms with Crippen LogP contribution in [0.3, 0.4) is 0 Å². The first kappa shape index (κ1) is 13.6. The molecule has 0 aliphatic rings. The molecule has 1 aromatic heterocycles. The molecule has 0 saturated carbocycles. The highest BCUT2D eigenvalue weighted by Crippen LogP contribution is 2.25. The fourth-order valence-corrected chi connectivity index (χ4v) is 2.76. The van der Waals surface area contributed by atoms with Crippen LogP contribution in [0, 0.1) is 0 Å². The van der Waals surface area contributed by atoms with Gasteiger partial charge in [-0.25, -0.2) is 4.98 Å². The Balaban J connectivity index is 1.77. The Morgan fingerprint density at radius 3 is 2.62 bits per heavy atom. The SMILES string of the molecule is COc1ccc(/C(C)=N\Nc2nc3ccccc3s2)cc1. The van der Waals surface area contributed by atoms with Crippen molar-refractivity contribution in [3.8, 4) is 5.75 Å². The number of ether oxygens (including phenoxy) is 1. The minimum Gasteiger partial charge on any atom is -0.497 e. The molecule has 106 valence electrons. The highest BCUT2D eigenvalue weighted by atomic mass is 32.1. The summed E-state index contributed by atoms with van der Waals surface area (Å²) in [7, 11) is 1.66. The largest absolute Gasteiger partial charge is 0.497 e. The molecule has 3 rings (SSSR count). The van der Waals surface area contributed by atoms with Gasteiger partial charge in [0.15, 0.2) is 0 Å². The standard InChI is InChI=1S/C16H15N3OS/c1-11(12-7-9-13(20-2)10-8-12)18-19-16-17-14-5-3-4-6-15(14)21-16/h3-10H,1-2H3,(H,17,19)/b18-11-. The lowest BCUT2D eigenvalue weighted by molar-refractivity contribution is 0.415. The molecule has 0 spiro atoms. The van der Waals surface area contributed by atoms with Gasteiger partial charge in [-0.3, -0.25) is 5.43 Å². The molecule has 5 heteroatoms. The van der Waals surface area contributed by atoms with E-state index in [0.29, 0.717) is 0 Å². The van der Waals surface area contributed by atoms with Crippen molar-refractivity contribution in [2.75, 3.05) is 12.5 Å². The molecule has 4 nitrogen and oxygen atoms in total. The monoisotopic (exact) mass is 297 g/mol. The molecule has 0 aliphatic carbocycles. The Kier molecular flexibility index (Phi) is 3.83. The first-order valence-corrected chi connectivity index (χ1v) is 7.38. The predicted molar refractivity (Wildman–Crippen MR) is 88.4 cm³/mol. The van der Waals surface area contributed by atoms with Crippen LogP contribution < -0.4 is 10.2 Å². The summed E-state index contributed by atoms with van der Waals surface area (Å²) < 4.78 is 6.30. The molecular formula is C16H15N3OS. The quantitative estimate of drug-likeness (QED) is 0.581. The topological polar surface area (TPSA) is 46.5 Å². The lowest BCUT2D eigenvalue weighted by Gasteiger charge is -2.03. The van der Waals surface area contributed by atoms with Crippen LogP contribution in [-0.2, 0) is 0 Å². The van der Waals surface area contributed by atoms with Crippen molar-refractivity contribution in [1.29, 1.82) is 0 Å². The predicted octanol–water partition coefficient (Wildman–Crippen LogP) is 4.14. The van der Waals surface area contributed by atoms with Crippen LogP contribution in [0.1, 0.15) is 12.5 Å². The number of para-hydroxylation sites is 1. The van der Waals surface area contributed by atoms with Gasteiger partial charge >= 0.3 is 0 Å². The van der Waals surface area contributed by atoms with Crippen molar-refractivity contribution in [2.45, 2.75) is 6.92 Å². The third-order valence-electron chi connectivity index (χ3n) is 3.12. The van der Waals surface area contributed by atoms with E-state index in [1.165, 1.54) is 0 Å². The van der Waals surface area contributed by atoms with Crippen molar-refractivity contribution in [3.05, 3.63) is 54.1 Å². The van der Waals surface area contributed by atoms with Crippen LogP contribution >= 0.6 is 11.3 Å². The maximum Gasteiger partial charge on any atom is 0.204 e. The lowest BCUT2D eigenvalue weighted by Crippen LogP contribution is -1.99. The van der Waals surface area contributed by atoms with E-state index in [0.717, 1.165) is 32.4 Å². The molecule has 0 saturated heterocycles. The molecule has 3 aromatic rings. The number of hydrogen-bond acceptors (Lipinski definition) is 5. The molecule has 0 amide bonds. The van der Waals surface area contributed by atoms with Gasteiger partial charge in [0, 0.05) is 0 Å². The number of hydrazone groups is 1. The molecule has 0 unspecified atom stereocenters. The summed E-state index contributed by atoms with van der Waals surface area (Å²) in [5.41, 5.74) is 5.96. The summed E-state index contributed by atoms with van der Waals surface area (Å²) in [4.78, 5) is 4.49. The average Bonchev–Trinajstić information content (AvgIpc) is 2.95. The smallest absolute Gasteiger partial charge is 0.204 e. The van der Waals surface area contributed by atoms with Crippen molar-refractivity contribution < 1.29 is 4.74 Å². The van der Waals surface area contributed by atoms with Gasteiger partial charge < -0.3 is 4.74 Å². The number of fused-ring (bicyclic) bond motifs is 1. The minimum atomic E-state index is 0.795. The summed E-state index contributed by atoms with van der Waals surface area (Å²) in [6.07, 6.45) is 0. The molecule has 21 heavy (non-hydrogen) atoms. The second-order valence-corrected chi connectivity index (χ2v) is 5.55. The van der Waals surface area contributed by atoms with Crippen molar-refractivity contribution in [2.24, 2.45) is 5.10 Å². The fraction of sp³-hybridized carbons (Fsp3) is 0.125. The van der Waals surface area contributed by atoms with Gasteiger partial charge in [-0.15, -0.1) is 0 Å². The molecule has 1 N–H and O–H groups in total. The van der Waals surface area contributed by atoms with Crippen LogP contribution in [0.4, 0.5) is 5.13 Å². The van der Waals surface area contributed by atoms with E-state index in [1.54, 1.807) is 18.4 Å². The van der Waals surface area contributed by atoms with Gasteiger partial charge in [0.2, 0.25) is 5.13 Å². The second-order valence-electron chi connectivity index (χ2n) is 4.52. The van der Waals surface area contributed by atoms with Crippen LogP contribution in [0.5, 0.6) is 5.75 Å². The van der Waals surface area contributed by atoms with E-state index in [1.807, 2.05) is 49.4 Å². The lowest BCUT2D eigenvalue weighted by atomic mass is 10.1. The molecule has 0 bridgehead atoms. The highest BCUT2D eigenvalue weighted by molar-refractivity contribution is 7.22. The van der Waals surface area contributed by atoms with Gasteiger partial charge in [-0.05, 0) is 48.9 Å². The number of aromatic nitrogens is 1. The van der Waals surface area contributed by atoms with Crippen LogP contribution in [0.25, 0.3) is 10.2 Å². The van der Waals surface area contributed by atoms with Crippen molar-refractivity contribution in [1.82, 2.24) is 4.98 Å². The normalized spacial score (nSPS) is 11.6. The molecule has 0 atom stereocenters. The first-order chi connectivity index (χ1) is 10.3. The minimum absolute atomic E-state index is 0.795. The van der Waals surface area contributed by atoms with Crippen LogP contribution in [0.2, 0.25) is 0 Å². The van der Waals surface area contributed by atoms with E-state index >= 15 is 0 Å². The average molecular weight is 297 g/mol. The molecule has 0 radical (unpaired) electrons. The van der Waals surface area contributed by atoms with Gasteiger partial charge in [0.25, 0.3) is 0 Å². The maximum absolute atomic E-state index is 5.15. The summed E-state index contributed by atoms with van der Waals surface area (Å²) in [6, 6.07) is 15.9. The Labute approximate surface area is 127 Å². The zero-order chi connectivity index (χ0) is 14.7. The molecular weight excluding hydrogens is 282 g/mol. The molecule has 0 aliphatic heterocycles. The van der Waals surface area contributed by atoms with Crippen LogP contribution in [-0.4, -0.2) is 17.8 Å². The number of nitrogens with zero attached hydrogens (tertiary/aromatic N) is 2. The highest BCUT2D eigenvalue weighted by Gasteiger charge is 2.02. The second kappa shape index (κ2) is 5.93. The third-order valence-corrected chi connectivity index (χ3v) is 4.06. The Hall–Kier alpha value is -2.40. The third kappa shape index (κ3) is 3.03. The number of nitrogens with one attached hydrogen (secondary N) is 1. The van der Waals surface area contributed by atoms with Crippen molar-refractivity contribution >= 4 is 32.4 Å². The van der Waals surface area contributed by atoms with Gasteiger partial charge in [0.05, 0.1) is 23.0 Å². The number of methoxy groups -OCH3 is 1. The van der Waals surface area contributed by atoms with Crippen LogP contribution in [0.15, 0.2) is 53.6 Å².